The Morgan fingerprint density at radius 3 is 2.50 bits per heavy atom. The lowest BCUT2D eigenvalue weighted by atomic mass is 9.92. The molecule has 2 N–H and O–H groups in total. The molecule has 0 radical (unpaired) electrons. The molecule has 6 heteroatoms. The summed E-state index contributed by atoms with van der Waals surface area (Å²) in [5, 5.41) is 19.8. The maximum absolute atomic E-state index is 12.6. The number of thiazole rings is 1. The molecule has 0 atom stereocenters. The van der Waals surface area contributed by atoms with E-state index in [9.17, 15) is 15.0 Å². The Balaban J connectivity index is 2.11. The van der Waals surface area contributed by atoms with Crippen molar-refractivity contribution in [2.45, 2.75) is 45.4 Å². The van der Waals surface area contributed by atoms with Crippen LogP contribution in [-0.2, 0) is 0 Å². The van der Waals surface area contributed by atoms with E-state index in [-0.39, 0.29) is 19.1 Å². The van der Waals surface area contributed by atoms with Crippen LogP contribution in [0.15, 0.2) is 0 Å². The number of aliphatic hydroxyl groups excluding tert-OH is 2. The lowest BCUT2D eigenvalue weighted by Crippen LogP contribution is -2.41. The summed E-state index contributed by atoms with van der Waals surface area (Å²) in [6.07, 6.45) is 4.84. The van der Waals surface area contributed by atoms with Crippen molar-refractivity contribution in [2.24, 2.45) is 5.41 Å². The number of aromatic nitrogens is 1. The summed E-state index contributed by atoms with van der Waals surface area (Å²) < 4.78 is 0. The largest absolute Gasteiger partial charge is 0.396 e. The van der Waals surface area contributed by atoms with Crippen LogP contribution in [0.2, 0.25) is 0 Å². The van der Waals surface area contributed by atoms with Gasteiger partial charge in [0.15, 0.2) is 0 Å². The molecule has 5 nitrogen and oxygen atoms in total. The Morgan fingerprint density at radius 2 is 1.95 bits per heavy atom. The molecule has 0 aliphatic heterocycles. The van der Waals surface area contributed by atoms with Crippen LogP contribution >= 0.6 is 11.3 Å². The van der Waals surface area contributed by atoms with Crippen LogP contribution in [0.1, 0.15) is 58.9 Å². The van der Waals surface area contributed by atoms with E-state index in [1.807, 2.05) is 6.92 Å². The Bertz CT molecular complexity index is 519. The Morgan fingerprint density at radius 1 is 1.36 bits per heavy atom. The van der Waals surface area contributed by atoms with Gasteiger partial charge in [0.25, 0.3) is 5.91 Å². The van der Waals surface area contributed by atoms with Crippen molar-refractivity contribution in [1.29, 1.82) is 0 Å². The van der Waals surface area contributed by atoms with Gasteiger partial charge in [-0.1, -0.05) is 19.8 Å². The second kappa shape index (κ2) is 7.06. The van der Waals surface area contributed by atoms with E-state index >= 15 is 0 Å². The Labute approximate surface area is 136 Å². The van der Waals surface area contributed by atoms with Crippen LogP contribution in [0, 0.1) is 12.3 Å². The van der Waals surface area contributed by atoms with E-state index in [0.717, 1.165) is 10.7 Å². The third kappa shape index (κ3) is 3.67. The Kier molecular flexibility index (Phi) is 5.58. The highest BCUT2D eigenvalue weighted by molar-refractivity contribution is 7.13. The summed E-state index contributed by atoms with van der Waals surface area (Å²) in [6.45, 7) is 3.65. The van der Waals surface area contributed by atoms with Crippen LogP contribution in [0.5, 0.6) is 0 Å². The highest BCUT2D eigenvalue weighted by Gasteiger charge is 2.29. The van der Waals surface area contributed by atoms with Gasteiger partial charge in [-0.25, -0.2) is 4.98 Å². The fraction of sp³-hybridized carbons (Fsp3) is 0.750. The number of carbonyl (C=O) groups excluding carboxylic acids is 1. The minimum absolute atomic E-state index is 0.0765. The number of carbonyl (C=O) groups is 1. The lowest BCUT2D eigenvalue weighted by molar-refractivity contribution is 0.0368. The van der Waals surface area contributed by atoms with Gasteiger partial charge in [-0.2, -0.15) is 0 Å². The van der Waals surface area contributed by atoms with E-state index in [2.05, 4.69) is 4.98 Å². The maximum atomic E-state index is 12.6. The number of nitrogens with zero attached hydrogens (tertiary/aromatic N) is 2. The van der Waals surface area contributed by atoms with Gasteiger partial charge in [-0.3, -0.25) is 4.79 Å². The average Bonchev–Trinajstić information content (AvgIpc) is 3.15. The van der Waals surface area contributed by atoms with Gasteiger partial charge in [0.05, 0.1) is 23.9 Å². The van der Waals surface area contributed by atoms with Gasteiger partial charge in [-0.05, 0) is 19.8 Å². The highest BCUT2D eigenvalue weighted by Crippen LogP contribution is 2.37. The molecule has 0 saturated heterocycles. The summed E-state index contributed by atoms with van der Waals surface area (Å²) in [7, 11) is 1.71. The summed E-state index contributed by atoms with van der Waals surface area (Å²) in [5.74, 6) is 0.433. The van der Waals surface area contributed by atoms with Crippen LogP contribution < -0.4 is 0 Å². The summed E-state index contributed by atoms with van der Waals surface area (Å²) in [6, 6.07) is 0. The molecule has 1 aromatic heterocycles. The molecule has 0 spiro atoms. The van der Waals surface area contributed by atoms with E-state index in [0.29, 0.717) is 17.3 Å². The molecule has 0 bridgehead atoms. The average molecular weight is 326 g/mol. The standard InChI is InChI=1S/C16H26N2O3S/c1-11-13(22-14(17-11)12-6-4-5-7-12)15(21)18(3)8-16(2,9-19)10-20/h12,19-20H,4-10H2,1-3H3. The first kappa shape index (κ1) is 17.4. The van der Waals surface area contributed by atoms with Crippen molar-refractivity contribution in [3.63, 3.8) is 0 Å². The molecule has 1 saturated carbocycles. The minimum atomic E-state index is -0.683. The second-order valence-electron chi connectivity index (χ2n) is 6.74. The number of amides is 1. The number of aryl methyl sites for hydroxylation is 1. The molecule has 2 rings (SSSR count). The zero-order valence-corrected chi connectivity index (χ0v) is 14.4. The van der Waals surface area contributed by atoms with Gasteiger partial charge in [0.1, 0.15) is 4.88 Å². The molecule has 1 aliphatic rings. The number of rotatable bonds is 6. The van der Waals surface area contributed by atoms with E-state index in [1.54, 1.807) is 18.9 Å². The molecule has 1 amide bonds. The Hall–Kier alpha value is -0.980. The van der Waals surface area contributed by atoms with Crippen molar-refractivity contribution >= 4 is 17.2 Å². The van der Waals surface area contributed by atoms with Crippen molar-refractivity contribution in [2.75, 3.05) is 26.8 Å². The molecule has 1 heterocycles. The summed E-state index contributed by atoms with van der Waals surface area (Å²) >= 11 is 1.51. The first-order valence-electron chi connectivity index (χ1n) is 7.84. The predicted molar refractivity (Wildman–Crippen MR) is 87.3 cm³/mol. The molecule has 1 fully saturated rings. The van der Waals surface area contributed by atoms with E-state index in [1.165, 1.54) is 37.0 Å². The molecular formula is C16H26N2O3S. The van der Waals surface area contributed by atoms with Gasteiger partial charge in [-0.15, -0.1) is 11.3 Å². The van der Waals surface area contributed by atoms with Crippen molar-refractivity contribution in [1.82, 2.24) is 9.88 Å². The molecule has 0 aromatic carbocycles. The fourth-order valence-corrected chi connectivity index (χ4v) is 4.16. The molecule has 1 aliphatic carbocycles. The zero-order valence-electron chi connectivity index (χ0n) is 13.6. The quantitative estimate of drug-likeness (QED) is 0.840. The summed E-state index contributed by atoms with van der Waals surface area (Å²) in [4.78, 5) is 19.5. The molecular weight excluding hydrogens is 300 g/mol. The predicted octanol–water partition coefficient (Wildman–Crippen LogP) is 2.17. The van der Waals surface area contributed by atoms with Gasteiger partial charge in [0, 0.05) is 24.9 Å². The molecule has 124 valence electrons. The van der Waals surface area contributed by atoms with Crippen LogP contribution in [0.3, 0.4) is 0 Å². The molecule has 0 unspecified atom stereocenters. The minimum Gasteiger partial charge on any atom is -0.396 e. The van der Waals surface area contributed by atoms with E-state index in [4.69, 9.17) is 0 Å². The third-order valence-electron chi connectivity index (χ3n) is 4.44. The molecule has 1 aromatic rings. The smallest absolute Gasteiger partial charge is 0.265 e. The maximum Gasteiger partial charge on any atom is 0.265 e. The van der Waals surface area contributed by atoms with Crippen molar-refractivity contribution < 1.29 is 15.0 Å². The normalized spacial score (nSPS) is 16.2. The number of hydrogen-bond donors (Lipinski definition) is 2. The summed E-state index contributed by atoms with van der Waals surface area (Å²) in [5.41, 5.74) is 0.107. The SMILES string of the molecule is Cc1nc(C2CCCC2)sc1C(=O)N(C)CC(C)(CO)CO. The first-order chi connectivity index (χ1) is 10.4. The molecule has 22 heavy (non-hydrogen) atoms. The number of hydrogen-bond acceptors (Lipinski definition) is 5. The third-order valence-corrected chi connectivity index (χ3v) is 5.75. The van der Waals surface area contributed by atoms with Crippen molar-refractivity contribution in [3.05, 3.63) is 15.6 Å². The van der Waals surface area contributed by atoms with Gasteiger partial charge >= 0.3 is 0 Å². The fourth-order valence-electron chi connectivity index (χ4n) is 2.93. The topological polar surface area (TPSA) is 73.7 Å². The second-order valence-corrected chi connectivity index (χ2v) is 7.77. The highest BCUT2D eigenvalue weighted by atomic mass is 32.1. The van der Waals surface area contributed by atoms with Crippen LogP contribution in [0.4, 0.5) is 0 Å². The van der Waals surface area contributed by atoms with E-state index < -0.39 is 5.41 Å². The first-order valence-corrected chi connectivity index (χ1v) is 8.66. The lowest BCUT2D eigenvalue weighted by Gasteiger charge is -2.30. The van der Waals surface area contributed by atoms with Crippen LogP contribution in [0.25, 0.3) is 0 Å². The van der Waals surface area contributed by atoms with Crippen LogP contribution in [-0.4, -0.2) is 52.8 Å². The van der Waals surface area contributed by atoms with Gasteiger partial charge in [0.2, 0.25) is 0 Å². The number of aliphatic hydroxyl groups is 2. The zero-order chi connectivity index (χ0) is 16.3. The monoisotopic (exact) mass is 326 g/mol. The van der Waals surface area contributed by atoms with Gasteiger partial charge < -0.3 is 15.1 Å². The van der Waals surface area contributed by atoms with Crippen molar-refractivity contribution in [3.8, 4) is 0 Å².